The molecule has 1 aromatic rings. The van der Waals surface area contributed by atoms with Gasteiger partial charge in [-0.25, -0.2) is 0 Å². The van der Waals surface area contributed by atoms with Crippen LogP contribution in [0.5, 0.6) is 0 Å². The molecule has 0 saturated carbocycles. The van der Waals surface area contributed by atoms with Gasteiger partial charge >= 0.3 is 0 Å². The lowest BCUT2D eigenvalue weighted by atomic mass is 10.1. The molecule has 0 aliphatic carbocycles. The summed E-state index contributed by atoms with van der Waals surface area (Å²) in [5, 5.41) is 2.73. The zero-order chi connectivity index (χ0) is 11.1. The van der Waals surface area contributed by atoms with Gasteiger partial charge in [0.05, 0.1) is 0 Å². The van der Waals surface area contributed by atoms with E-state index in [1.165, 1.54) is 0 Å². The third kappa shape index (κ3) is 4.45. The first-order valence-corrected chi connectivity index (χ1v) is 5.21. The van der Waals surface area contributed by atoms with Gasteiger partial charge in [0.1, 0.15) is 0 Å². The van der Waals surface area contributed by atoms with E-state index >= 15 is 0 Å². The Kier molecular flexibility index (Phi) is 4.61. The van der Waals surface area contributed by atoms with E-state index in [1.54, 1.807) is 18.3 Å². The quantitative estimate of drug-likeness (QED) is 0.800. The number of nitrogens with one attached hydrogen (secondary N) is 1. The molecule has 1 N–H and O–H groups in total. The van der Waals surface area contributed by atoms with Crippen LogP contribution in [0.4, 0.5) is 0 Å². The monoisotopic (exact) mass is 203 g/mol. The summed E-state index contributed by atoms with van der Waals surface area (Å²) in [6.45, 7) is 4.28. The molecule has 80 valence electrons. The van der Waals surface area contributed by atoms with Crippen molar-refractivity contribution in [2.75, 3.05) is 0 Å². The molecule has 0 aliphatic rings. The molecule has 0 bridgehead atoms. The van der Waals surface area contributed by atoms with Crippen molar-refractivity contribution in [1.82, 2.24) is 5.32 Å². The number of amides is 1. The molecule has 0 saturated heterocycles. The first-order chi connectivity index (χ1) is 7.20. The van der Waals surface area contributed by atoms with Gasteiger partial charge in [-0.3, -0.25) is 4.79 Å². The number of rotatable bonds is 4. The van der Waals surface area contributed by atoms with Crippen LogP contribution in [-0.2, 0) is 0 Å². The highest BCUT2D eigenvalue weighted by molar-refractivity contribution is 5.94. The van der Waals surface area contributed by atoms with E-state index in [-0.39, 0.29) is 5.91 Å². The van der Waals surface area contributed by atoms with Crippen molar-refractivity contribution in [3.05, 3.63) is 48.2 Å². The molecule has 15 heavy (non-hydrogen) atoms. The maximum atomic E-state index is 11.5. The van der Waals surface area contributed by atoms with Crippen LogP contribution in [0.2, 0.25) is 0 Å². The van der Waals surface area contributed by atoms with Crippen molar-refractivity contribution >= 4 is 5.91 Å². The third-order valence-corrected chi connectivity index (χ3v) is 1.98. The van der Waals surface area contributed by atoms with E-state index in [2.05, 4.69) is 19.2 Å². The summed E-state index contributed by atoms with van der Waals surface area (Å²) < 4.78 is 0. The molecular formula is C13H17NO. The van der Waals surface area contributed by atoms with Gasteiger partial charge in [0.15, 0.2) is 0 Å². The fourth-order valence-electron chi connectivity index (χ4n) is 1.15. The Morgan fingerprint density at radius 1 is 1.33 bits per heavy atom. The standard InChI is InChI=1S/C13H17NO/c1-11(2)7-6-10-14-13(15)12-8-4-3-5-9-12/h3-6,8-11H,7H2,1-2H3,(H,14,15)/b10-6+. The SMILES string of the molecule is CC(C)C/C=C/NC(=O)c1ccccc1. The minimum atomic E-state index is -0.0596. The Morgan fingerprint density at radius 2 is 2.00 bits per heavy atom. The fraction of sp³-hybridized carbons (Fsp3) is 0.308. The lowest BCUT2D eigenvalue weighted by molar-refractivity contribution is 0.0970. The molecule has 0 spiro atoms. The predicted octanol–water partition coefficient (Wildman–Crippen LogP) is 2.98. The van der Waals surface area contributed by atoms with Crippen LogP contribution in [0.15, 0.2) is 42.6 Å². The number of hydrogen-bond donors (Lipinski definition) is 1. The van der Waals surface area contributed by atoms with Crippen molar-refractivity contribution < 1.29 is 4.79 Å². The van der Waals surface area contributed by atoms with Gasteiger partial charge in [0, 0.05) is 11.8 Å². The van der Waals surface area contributed by atoms with E-state index in [0.29, 0.717) is 11.5 Å². The van der Waals surface area contributed by atoms with Crippen molar-refractivity contribution in [3.63, 3.8) is 0 Å². The van der Waals surface area contributed by atoms with Gasteiger partial charge in [-0.1, -0.05) is 38.1 Å². The molecule has 0 fully saturated rings. The molecule has 0 aliphatic heterocycles. The highest BCUT2D eigenvalue weighted by Crippen LogP contribution is 2.00. The summed E-state index contributed by atoms with van der Waals surface area (Å²) in [6, 6.07) is 9.20. The van der Waals surface area contributed by atoms with E-state index in [1.807, 2.05) is 24.3 Å². The molecule has 1 rings (SSSR count). The molecule has 1 amide bonds. The largest absolute Gasteiger partial charge is 0.329 e. The first-order valence-electron chi connectivity index (χ1n) is 5.21. The maximum Gasteiger partial charge on any atom is 0.255 e. The maximum absolute atomic E-state index is 11.5. The van der Waals surface area contributed by atoms with Crippen molar-refractivity contribution in [2.45, 2.75) is 20.3 Å². The van der Waals surface area contributed by atoms with Gasteiger partial charge in [-0.2, -0.15) is 0 Å². The summed E-state index contributed by atoms with van der Waals surface area (Å²) in [5.41, 5.74) is 0.687. The number of allylic oxidation sites excluding steroid dienone is 1. The zero-order valence-electron chi connectivity index (χ0n) is 9.23. The first kappa shape index (κ1) is 11.5. The Labute approximate surface area is 91.0 Å². The molecule has 2 nitrogen and oxygen atoms in total. The number of benzene rings is 1. The normalized spacial score (nSPS) is 10.9. The minimum absolute atomic E-state index is 0.0596. The Balaban J connectivity index is 2.40. The lowest BCUT2D eigenvalue weighted by Gasteiger charge is -2.00. The average Bonchev–Trinajstić information content (AvgIpc) is 2.25. The third-order valence-electron chi connectivity index (χ3n) is 1.98. The van der Waals surface area contributed by atoms with E-state index in [0.717, 1.165) is 6.42 Å². The van der Waals surface area contributed by atoms with Gasteiger partial charge in [0.2, 0.25) is 0 Å². The average molecular weight is 203 g/mol. The smallest absolute Gasteiger partial charge is 0.255 e. The summed E-state index contributed by atoms with van der Waals surface area (Å²) in [4.78, 5) is 11.5. The second-order valence-electron chi connectivity index (χ2n) is 3.87. The lowest BCUT2D eigenvalue weighted by Crippen LogP contribution is -2.16. The van der Waals surface area contributed by atoms with Crippen LogP contribution in [0, 0.1) is 5.92 Å². The number of hydrogen-bond acceptors (Lipinski definition) is 1. The molecule has 2 heteroatoms. The van der Waals surface area contributed by atoms with Gasteiger partial charge < -0.3 is 5.32 Å². The molecule has 0 atom stereocenters. The number of carbonyl (C=O) groups is 1. The van der Waals surface area contributed by atoms with Crippen LogP contribution in [0.1, 0.15) is 30.6 Å². The summed E-state index contributed by atoms with van der Waals surface area (Å²) >= 11 is 0. The highest BCUT2D eigenvalue weighted by atomic mass is 16.1. The topological polar surface area (TPSA) is 29.1 Å². The van der Waals surface area contributed by atoms with Crippen LogP contribution >= 0.6 is 0 Å². The summed E-state index contributed by atoms with van der Waals surface area (Å²) in [7, 11) is 0. The van der Waals surface area contributed by atoms with Crippen LogP contribution < -0.4 is 5.32 Å². The van der Waals surface area contributed by atoms with Gasteiger partial charge in [0.25, 0.3) is 5.91 Å². The molecular weight excluding hydrogens is 186 g/mol. The zero-order valence-corrected chi connectivity index (χ0v) is 9.23. The van der Waals surface area contributed by atoms with E-state index < -0.39 is 0 Å². The number of carbonyl (C=O) groups excluding carboxylic acids is 1. The summed E-state index contributed by atoms with van der Waals surface area (Å²) in [6.07, 6.45) is 4.68. The molecule has 0 unspecified atom stereocenters. The van der Waals surface area contributed by atoms with Crippen LogP contribution in [0.25, 0.3) is 0 Å². The Bertz CT molecular complexity index is 328. The Morgan fingerprint density at radius 3 is 2.60 bits per heavy atom. The van der Waals surface area contributed by atoms with Crippen molar-refractivity contribution in [1.29, 1.82) is 0 Å². The van der Waals surface area contributed by atoms with E-state index in [4.69, 9.17) is 0 Å². The van der Waals surface area contributed by atoms with Gasteiger partial charge in [-0.05, 0) is 24.5 Å². The second-order valence-corrected chi connectivity index (χ2v) is 3.87. The second kappa shape index (κ2) is 6.02. The highest BCUT2D eigenvalue weighted by Gasteiger charge is 2.00. The Hall–Kier alpha value is -1.57. The van der Waals surface area contributed by atoms with Crippen LogP contribution in [0.3, 0.4) is 0 Å². The molecule has 0 radical (unpaired) electrons. The van der Waals surface area contributed by atoms with Gasteiger partial charge in [-0.15, -0.1) is 0 Å². The van der Waals surface area contributed by atoms with Crippen molar-refractivity contribution in [2.24, 2.45) is 5.92 Å². The molecule has 0 aromatic heterocycles. The van der Waals surface area contributed by atoms with Crippen LogP contribution in [-0.4, -0.2) is 5.91 Å². The molecule has 1 aromatic carbocycles. The minimum Gasteiger partial charge on any atom is -0.329 e. The fourth-order valence-corrected chi connectivity index (χ4v) is 1.15. The summed E-state index contributed by atoms with van der Waals surface area (Å²) in [5.74, 6) is 0.561. The van der Waals surface area contributed by atoms with E-state index in [9.17, 15) is 4.79 Å². The van der Waals surface area contributed by atoms with Crippen molar-refractivity contribution in [3.8, 4) is 0 Å². The predicted molar refractivity (Wildman–Crippen MR) is 62.5 cm³/mol. The molecule has 0 heterocycles.